The lowest BCUT2D eigenvalue weighted by Gasteiger charge is -2.21. The van der Waals surface area contributed by atoms with Crippen molar-refractivity contribution in [1.82, 2.24) is 4.31 Å². The summed E-state index contributed by atoms with van der Waals surface area (Å²) in [5.41, 5.74) is 3.38. The Bertz CT molecular complexity index is 987. The van der Waals surface area contributed by atoms with Crippen LogP contribution in [0.1, 0.15) is 30.5 Å². The SMILES string of the molecule is CCN(CC)S(=O)(=O)c1cc(C)c(C)c(NC(=S)Nc2ccc(C)c(F)c2)c1. The summed E-state index contributed by atoms with van der Waals surface area (Å²) < 4.78 is 40.9. The molecule has 0 atom stereocenters. The molecule has 2 aromatic carbocycles. The van der Waals surface area contributed by atoms with E-state index in [2.05, 4.69) is 10.6 Å². The van der Waals surface area contributed by atoms with E-state index in [9.17, 15) is 12.8 Å². The Hall–Kier alpha value is -2.03. The largest absolute Gasteiger partial charge is 0.332 e. The number of hydrogen-bond donors (Lipinski definition) is 2. The first-order chi connectivity index (χ1) is 13.1. The fraction of sp³-hybridized carbons (Fsp3) is 0.350. The van der Waals surface area contributed by atoms with Crippen LogP contribution < -0.4 is 10.6 Å². The lowest BCUT2D eigenvalue weighted by molar-refractivity contribution is 0.445. The van der Waals surface area contributed by atoms with Crippen molar-refractivity contribution in [3.63, 3.8) is 0 Å². The Labute approximate surface area is 172 Å². The van der Waals surface area contributed by atoms with Crippen molar-refractivity contribution in [2.75, 3.05) is 23.7 Å². The summed E-state index contributed by atoms with van der Waals surface area (Å²) in [6.45, 7) is 9.83. The molecule has 0 heterocycles. The van der Waals surface area contributed by atoms with Crippen LogP contribution in [0, 0.1) is 26.6 Å². The van der Waals surface area contributed by atoms with Gasteiger partial charge in [-0.25, -0.2) is 12.8 Å². The van der Waals surface area contributed by atoms with Crippen LogP contribution in [0.25, 0.3) is 0 Å². The third-order valence-corrected chi connectivity index (χ3v) is 6.89. The predicted molar refractivity (Wildman–Crippen MR) is 117 cm³/mol. The first-order valence-corrected chi connectivity index (χ1v) is 10.9. The van der Waals surface area contributed by atoms with Crippen LogP contribution in [0.3, 0.4) is 0 Å². The molecule has 0 aliphatic carbocycles. The number of aryl methyl sites for hydroxylation is 2. The zero-order valence-electron chi connectivity index (χ0n) is 16.8. The van der Waals surface area contributed by atoms with Gasteiger partial charge in [-0.3, -0.25) is 0 Å². The average Bonchev–Trinajstić information content (AvgIpc) is 2.62. The van der Waals surface area contributed by atoms with E-state index < -0.39 is 10.0 Å². The van der Waals surface area contributed by atoms with E-state index in [0.717, 1.165) is 11.1 Å². The van der Waals surface area contributed by atoms with E-state index in [1.165, 1.54) is 10.4 Å². The molecule has 0 amide bonds. The highest BCUT2D eigenvalue weighted by atomic mass is 32.2. The summed E-state index contributed by atoms with van der Waals surface area (Å²) in [6, 6.07) is 8.00. The Morgan fingerprint density at radius 2 is 1.68 bits per heavy atom. The van der Waals surface area contributed by atoms with E-state index in [1.54, 1.807) is 45.0 Å². The minimum atomic E-state index is -3.59. The van der Waals surface area contributed by atoms with Crippen LogP contribution in [0.2, 0.25) is 0 Å². The number of sulfonamides is 1. The molecule has 2 aromatic rings. The van der Waals surface area contributed by atoms with Crippen molar-refractivity contribution < 1.29 is 12.8 Å². The van der Waals surface area contributed by atoms with Gasteiger partial charge in [0.15, 0.2) is 5.11 Å². The molecule has 28 heavy (non-hydrogen) atoms. The molecular formula is C20H26FN3O2S2. The quantitative estimate of drug-likeness (QED) is 0.666. The summed E-state index contributed by atoms with van der Waals surface area (Å²) in [5, 5.41) is 6.22. The Kier molecular flexibility index (Phi) is 7.14. The maximum absolute atomic E-state index is 13.7. The van der Waals surface area contributed by atoms with Crippen molar-refractivity contribution >= 4 is 38.7 Å². The average molecular weight is 424 g/mol. The summed E-state index contributed by atoms with van der Waals surface area (Å²) in [6.07, 6.45) is 0. The number of benzene rings is 2. The standard InChI is InChI=1S/C20H26FN3O2S2/c1-6-24(7-2)28(25,26)17-10-14(4)15(5)19(12-17)23-20(27)22-16-9-8-13(3)18(21)11-16/h8-12H,6-7H2,1-5H3,(H2,22,23,27). The summed E-state index contributed by atoms with van der Waals surface area (Å²) >= 11 is 5.33. The van der Waals surface area contributed by atoms with Gasteiger partial charge in [-0.2, -0.15) is 4.31 Å². The zero-order chi connectivity index (χ0) is 21.1. The van der Waals surface area contributed by atoms with Crippen LogP contribution in [0.4, 0.5) is 15.8 Å². The molecule has 0 aliphatic heterocycles. The van der Waals surface area contributed by atoms with E-state index in [-0.39, 0.29) is 15.8 Å². The van der Waals surface area contributed by atoms with E-state index >= 15 is 0 Å². The maximum Gasteiger partial charge on any atom is 0.243 e. The van der Waals surface area contributed by atoms with Gasteiger partial charge in [-0.05, 0) is 73.9 Å². The molecule has 8 heteroatoms. The third-order valence-electron chi connectivity index (χ3n) is 4.66. The predicted octanol–water partition coefficient (Wildman–Crippen LogP) is 4.59. The highest BCUT2D eigenvalue weighted by molar-refractivity contribution is 7.89. The number of rotatable bonds is 6. The second-order valence-corrected chi connectivity index (χ2v) is 8.89. The molecule has 0 aliphatic rings. The van der Waals surface area contributed by atoms with Crippen molar-refractivity contribution in [3.8, 4) is 0 Å². The molecule has 0 fully saturated rings. The lowest BCUT2D eigenvalue weighted by Crippen LogP contribution is -2.31. The number of thiocarbonyl (C=S) groups is 1. The minimum absolute atomic E-state index is 0.214. The smallest absolute Gasteiger partial charge is 0.243 e. The fourth-order valence-electron chi connectivity index (χ4n) is 2.77. The lowest BCUT2D eigenvalue weighted by atomic mass is 10.1. The number of anilines is 2. The molecule has 152 valence electrons. The van der Waals surface area contributed by atoms with Gasteiger partial charge in [0.05, 0.1) is 4.90 Å². The van der Waals surface area contributed by atoms with Gasteiger partial charge in [0.25, 0.3) is 0 Å². The molecule has 0 bridgehead atoms. The molecule has 0 unspecified atom stereocenters. The van der Waals surface area contributed by atoms with Gasteiger partial charge in [0, 0.05) is 24.5 Å². The van der Waals surface area contributed by atoms with Crippen LogP contribution in [0.5, 0.6) is 0 Å². The van der Waals surface area contributed by atoms with Gasteiger partial charge in [0.1, 0.15) is 5.82 Å². The second kappa shape index (κ2) is 8.98. The highest BCUT2D eigenvalue weighted by Gasteiger charge is 2.23. The number of hydrogen-bond acceptors (Lipinski definition) is 3. The molecule has 0 spiro atoms. The fourth-order valence-corrected chi connectivity index (χ4v) is 4.57. The number of nitrogens with one attached hydrogen (secondary N) is 2. The summed E-state index contributed by atoms with van der Waals surface area (Å²) in [5.74, 6) is -0.327. The minimum Gasteiger partial charge on any atom is -0.332 e. The van der Waals surface area contributed by atoms with E-state index in [4.69, 9.17) is 12.2 Å². The van der Waals surface area contributed by atoms with Crippen molar-refractivity contribution in [2.24, 2.45) is 0 Å². The van der Waals surface area contributed by atoms with Gasteiger partial charge in [0.2, 0.25) is 10.0 Å². The van der Waals surface area contributed by atoms with E-state index in [0.29, 0.717) is 30.0 Å². The first-order valence-electron chi connectivity index (χ1n) is 9.05. The summed E-state index contributed by atoms with van der Waals surface area (Å²) in [4.78, 5) is 0.214. The van der Waals surface area contributed by atoms with Crippen molar-refractivity contribution in [3.05, 3.63) is 52.8 Å². The normalized spacial score (nSPS) is 11.5. The molecule has 2 rings (SSSR count). The molecule has 5 nitrogen and oxygen atoms in total. The molecule has 0 saturated heterocycles. The van der Waals surface area contributed by atoms with Gasteiger partial charge >= 0.3 is 0 Å². The van der Waals surface area contributed by atoms with Gasteiger partial charge in [-0.15, -0.1) is 0 Å². The van der Waals surface area contributed by atoms with Crippen molar-refractivity contribution in [2.45, 2.75) is 39.5 Å². The van der Waals surface area contributed by atoms with Crippen LogP contribution in [0.15, 0.2) is 35.2 Å². The monoisotopic (exact) mass is 423 g/mol. The molecule has 0 aromatic heterocycles. The van der Waals surface area contributed by atoms with Crippen LogP contribution >= 0.6 is 12.2 Å². The molecule has 2 N–H and O–H groups in total. The Balaban J connectivity index is 2.31. The third kappa shape index (κ3) is 4.87. The first kappa shape index (κ1) is 22.3. The molecule has 0 radical (unpaired) electrons. The molecular weight excluding hydrogens is 397 g/mol. The second-order valence-electron chi connectivity index (χ2n) is 6.55. The highest BCUT2D eigenvalue weighted by Crippen LogP contribution is 2.26. The van der Waals surface area contributed by atoms with Gasteiger partial charge < -0.3 is 10.6 Å². The maximum atomic E-state index is 13.7. The number of nitrogens with zero attached hydrogens (tertiary/aromatic N) is 1. The Morgan fingerprint density at radius 1 is 1.04 bits per heavy atom. The zero-order valence-corrected chi connectivity index (χ0v) is 18.4. The summed E-state index contributed by atoms with van der Waals surface area (Å²) in [7, 11) is -3.59. The van der Waals surface area contributed by atoms with Gasteiger partial charge in [-0.1, -0.05) is 19.9 Å². The van der Waals surface area contributed by atoms with Crippen LogP contribution in [-0.4, -0.2) is 30.9 Å². The van der Waals surface area contributed by atoms with Crippen LogP contribution in [-0.2, 0) is 10.0 Å². The number of halogens is 1. The Morgan fingerprint density at radius 3 is 2.25 bits per heavy atom. The topological polar surface area (TPSA) is 61.4 Å². The molecule has 0 saturated carbocycles. The van der Waals surface area contributed by atoms with E-state index in [1.807, 2.05) is 13.8 Å². The van der Waals surface area contributed by atoms with Crippen molar-refractivity contribution in [1.29, 1.82) is 0 Å².